The van der Waals surface area contributed by atoms with Crippen LogP contribution in [0, 0.1) is 29.4 Å². The third-order valence-corrected chi connectivity index (χ3v) is 12.3. The van der Waals surface area contributed by atoms with E-state index in [0.29, 0.717) is 41.7 Å². The van der Waals surface area contributed by atoms with E-state index in [1.54, 1.807) is 29.9 Å². The van der Waals surface area contributed by atoms with E-state index in [2.05, 4.69) is 15.7 Å². The van der Waals surface area contributed by atoms with Gasteiger partial charge in [-0.15, -0.1) is 6.42 Å². The smallest absolute Gasteiger partial charge is 0.415 e. The number of ether oxygens (including phenoxy) is 3. The van der Waals surface area contributed by atoms with Crippen LogP contribution in [0.1, 0.15) is 37.7 Å². The number of benzene rings is 3. The number of halogens is 5. The Morgan fingerprint density at radius 1 is 1.03 bits per heavy atom. The van der Waals surface area contributed by atoms with Crippen LogP contribution in [0.15, 0.2) is 30.5 Å². The highest BCUT2D eigenvalue weighted by atomic mass is 19.4. The fourth-order valence-electron chi connectivity index (χ4n) is 9.39. The second-order valence-electron chi connectivity index (χ2n) is 16.3. The molecule has 16 heteroatoms. The van der Waals surface area contributed by atoms with Crippen molar-refractivity contribution in [1.82, 2.24) is 29.5 Å². The van der Waals surface area contributed by atoms with Gasteiger partial charge in [-0.2, -0.15) is 28.2 Å². The molecule has 4 fully saturated rings. The number of hydrogen-bond donors (Lipinski definition) is 1. The molecule has 2 aromatic heterocycles. The summed E-state index contributed by atoms with van der Waals surface area (Å²) in [6.07, 6.45) is 5.48. The van der Waals surface area contributed by atoms with Gasteiger partial charge in [-0.05, 0) is 61.3 Å². The van der Waals surface area contributed by atoms with Gasteiger partial charge in [0.2, 0.25) is 0 Å². The van der Waals surface area contributed by atoms with E-state index in [9.17, 15) is 18.3 Å². The topological polar surface area (TPSA) is 101 Å². The molecule has 4 aliphatic rings. The second kappa shape index (κ2) is 14.8. The molecule has 3 aliphatic heterocycles. The van der Waals surface area contributed by atoms with E-state index in [1.165, 1.54) is 24.3 Å². The SMILES string of the molecule is C#Cc1c(F)ccc2cc(O)cc(-c3c(F)c4nc(OCC5(CN6CCOC(C(F)(F)F)C6)CC5)nc(N5[C@@H]6CC[C@H]5CN(CCCOC)C6)c4c4cn(C)nc34)c12. The Bertz CT molecular complexity index is 2430. The highest BCUT2D eigenvalue weighted by Gasteiger charge is 2.49. The standard InChI is InChI=1S/C42H44F5N7O4/c1-4-28-31(43)9-6-24-16-27(55)17-29(33(24)28)34-36(44)38-35(30-20-51(2)50-37(30)34)39(54-25-7-8-26(54)19-52(18-25)12-5-14-56-3)49-40(48-38)58-23-41(10-11-41)22-53-13-15-57-32(21-53)42(45,46)47/h1,6,9,16-17,20,25-26,32,55H,5,7-8,10-15,18-19,21-23H2,2-3H3/t25-,26+,32?. The van der Waals surface area contributed by atoms with Crippen LogP contribution in [0.3, 0.4) is 0 Å². The van der Waals surface area contributed by atoms with Crippen molar-refractivity contribution in [2.45, 2.75) is 56.5 Å². The van der Waals surface area contributed by atoms with Crippen LogP contribution in [0.5, 0.6) is 11.8 Å². The Kier molecular flexibility index (Phi) is 9.85. The summed E-state index contributed by atoms with van der Waals surface area (Å²) < 4.78 is 92.0. The van der Waals surface area contributed by atoms with Gasteiger partial charge >= 0.3 is 12.2 Å². The molecular weight excluding hydrogens is 761 g/mol. The van der Waals surface area contributed by atoms with Gasteiger partial charge in [0, 0.05) is 100 Å². The summed E-state index contributed by atoms with van der Waals surface area (Å²) in [5.41, 5.74) is -0.157. The number of piperazine rings is 1. The van der Waals surface area contributed by atoms with Gasteiger partial charge in [0.15, 0.2) is 11.9 Å². The van der Waals surface area contributed by atoms with Crippen molar-refractivity contribution in [3.63, 3.8) is 0 Å². The van der Waals surface area contributed by atoms with Crippen LogP contribution < -0.4 is 9.64 Å². The van der Waals surface area contributed by atoms with Gasteiger partial charge in [-0.25, -0.2) is 8.78 Å². The molecule has 5 aromatic rings. The molecule has 3 atom stereocenters. The minimum Gasteiger partial charge on any atom is -0.508 e. The second-order valence-corrected chi connectivity index (χ2v) is 16.3. The molecule has 3 saturated heterocycles. The van der Waals surface area contributed by atoms with Gasteiger partial charge in [-0.1, -0.05) is 12.0 Å². The van der Waals surface area contributed by atoms with Gasteiger partial charge in [0.25, 0.3) is 0 Å². The highest BCUT2D eigenvalue weighted by molar-refractivity contribution is 6.18. The predicted octanol–water partition coefficient (Wildman–Crippen LogP) is 6.41. The molecule has 9 rings (SSSR count). The molecule has 1 saturated carbocycles. The van der Waals surface area contributed by atoms with E-state index >= 15 is 8.78 Å². The zero-order chi connectivity index (χ0) is 40.5. The number of morpholine rings is 1. The number of alkyl halides is 3. The van der Waals surface area contributed by atoms with Crippen molar-refractivity contribution in [2.75, 3.05) is 71.1 Å². The summed E-state index contributed by atoms with van der Waals surface area (Å²) in [7, 11) is 3.42. The normalized spacial score (nSPS) is 22.3. The Hall–Kier alpha value is -4.82. The molecular formula is C42H44F5N7O4. The first-order valence-corrected chi connectivity index (χ1v) is 19.7. The predicted molar refractivity (Wildman–Crippen MR) is 208 cm³/mol. The minimum absolute atomic E-state index is 0.0159. The third kappa shape index (κ3) is 6.95. The number of aryl methyl sites for hydroxylation is 1. The number of nitrogens with zero attached hydrogens (tertiary/aromatic N) is 7. The van der Waals surface area contributed by atoms with Crippen molar-refractivity contribution in [3.05, 3.63) is 47.7 Å². The van der Waals surface area contributed by atoms with Crippen LogP contribution >= 0.6 is 0 Å². The van der Waals surface area contributed by atoms with Gasteiger partial charge < -0.3 is 24.2 Å². The molecule has 2 bridgehead atoms. The van der Waals surface area contributed by atoms with Gasteiger partial charge in [-0.3, -0.25) is 14.5 Å². The van der Waals surface area contributed by atoms with E-state index in [0.717, 1.165) is 51.7 Å². The Morgan fingerprint density at radius 3 is 2.52 bits per heavy atom. The molecule has 58 heavy (non-hydrogen) atoms. The van der Waals surface area contributed by atoms with E-state index in [-0.39, 0.29) is 76.7 Å². The van der Waals surface area contributed by atoms with Crippen molar-refractivity contribution >= 4 is 38.4 Å². The maximum Gasteiger partial charge on any atom is 0.415 e. The summed E-state index contributed by atoms with van der Waals surface area (Å²) in [5, 5.41) is 17.3. The average molecular weight is 806 g/mol. The van der Waals surface area contributed by atoms with Crippen molar-refractivity contribution < 1.29 is 41.3 Å². The Balaban J connectivity index is 1.17. The van der Waals surface area contributed by atoms with Crippen LogP contribution in [-0.2, 0) is 16.5 Å². The number of anilines is 1. The number of phenolic OH excluding ortho intramolecular Hbond substituents is 1. The molecule has 306 valence electrons. The molecule has 1 N–H and O–H groups in total. The van der Waals surface area contributed by atoms with Crippen LogP contribution in [0.25, 0.3) is 43.7 Å². The van der Waals surface area contributed by atoms with E-state index < -0.39 is 29.3 Å². The lowest BCUT2D eigenvalue weighted by atomic mass is 9.91. The monoisotopic (exact) mass is 805 g/mol. The molecule has 11 nitrogen and oxygen atoms in total. The van der Waals surface area contributed by atoms with Crippen molar-refractivity contribution in [2.24, 2.45) is 12.5 Å². The zero-order valence-electron chi connectivity index (χ0n) is 32.3. The first-order chi connectivity index (χ1) is 27.9. The molecule has 0 spiro atoms. The molecule has 0 amide bonds. The largest absolute Gasteiger partial charge is 0.508 e. The fraction of sp³-hybridized carbons (Fsp3) is 0.500. The molecule has 1 unspecified atom stereocenters. The number of likely N-dealkylation sites (tertiary alicyclic amines) is 1. The highest BCUT2D eigenvalue weighted by Crippen LogP contribution is 2.49. The number of methoxy groups -OCH3 is 1. The summed E-state index contributed by atoms with van der Waals surface area (Å²) >= 11 is 0. The molecule has 5 heterocycles. The van der Waals surface area contributed by atoms with Gasteiger partial charge in [0.1, 0.15) is 28.4 Å². The van der Waals surface area contributed by atoms with Crippen molar-refractivity contribution in [1.29, 1.82) is 0 Å². The average Bonchev–Trinajstić information content (AvgIpc) is 3.76. The summed E-state index contributed by atoms with van der Waals surface area (Å²) in [6, 6.07) is 5.56. The number of phenols is 1. The lowest BCUT2D eigenvalue weighted by Gasteiger charge is -2.42. The first kappa shape index (κ1) is 38.7. The van der Waals surface area contributed by atoms with E-state index in [4.69, 9.17) is 35.7 Å². The van der Waals surface area contributed by atoms with Crippen molar-refractivity contribution in [3.8, 4) is 35.2 Å². The maximum atomic E-state index is 17.8. The van der Waals surface area contributed by atoms with E-state index in [1.807, 2.05) is 0 Å². The summed E-state index contributed by atoms with van der Waals surface area (Å²) in [5.74, 6) is 1.31. The Labute approximate surface area is 331 Å². The Morgan fingerprint density at radius 2 is 1.81 bits per heavy atom. The molecule has 0 radical (unpaired) electrons. The summed E-state index contributed by atoms with van der Waals surface area (Å²) in [4.78, 5) is 16.3. The fourth-order valence-corrected chi connectivity index (χ4v) is 9.39. The number of rotatable bonds is 11. The number of hydrogen-bond acceptors (Lipinski definition) is 10. The minimum atomic E-state index is -4.46. The lowest BCUT2D eigenvalue weighted by Crippen LogP contribution is -2.54. The number of terminal acetylenes is 1. The zero-order valence-corrected chi connectivity index (χ0v) is 32.3. The van der Waals surface area contributed by atoms with Crippen LogP contribution in [0.4, 0.5) is 27.8 Å². The van der Waals surface area contributed by atoms with Crippen LogP contribution in [0.2, 0.25) is 0 Å². The number of aromatic hydroxyl groups is 1. The lowest BCUT2D eigenvalue weighted by molar-refractivity contribution is -0.238. The molecule has 3 aromatic carbocycles. The van der Waals surface area contributed by atoms with Crippen LogP contribution in [-0.4, -0.2) is 125 Å². The maximum absolute atomic E-state index is 17.8. The number of aromatic nitrogens is 4. The molecule has 1 aliphatic carbocycles. The van der Waals surface area contributed by atoms with Gasteiger partial charge in [0.05, 0.1) is 24.2 Å². The quantitative estimate of drug-likeness (QED) is 0.0916. The first-order valence-electron chi connectivity index (χ1n) is 19.7. The third-order valence-electron chi connectivity index (χ3n) is 12.3. The number of fused-ring (bicyclic) bond motifs is 6. The summed E-state index contributed by atoms with van der Waals surface area (Å²) in [6.45, 7) is 3.69.